The summed E-state index contributed by atoms with van der Waals surface area (Å²) in [6.45, 7) is 6.69. The van der Waals surface area contributed by atoms with Gasteiger partial charge in [-0.1, -0.05) is 6.58 Å². The average molecular weight is 270 g/mol. The minimum atomic E-state index is -1.54. The maximum Gasteiger partial charge on any atom is 0.200 e. The summed E-state index contributed by atoms with van der Waals surface area (Å²) in [6.07, 6.45) is 1.08. The molecule has 0 radical (unpaired) electrons. The first-order valence-electron chi connectivity index (χ1n) is 5.54. The molecule has 1 aromatic carbocycles. The fourth-order valence-electron chi connectivity index (χ4n) is 1.38. The number of hydrazone groups is 1. The van der Waals surface area contributed by atoms with Crippen molar-refractivity contribution in [2.75, 3.05) is 11.6 Å². The van der Waals surface area contributed by atoms with Crippen molar-refractivity contribution < 1.29 is 18.0 Å². The Kier molecular flexibility index (Phi) is 4.86. The summed E-state index contributed by atoms with van der Waals surface area (Å²) < 4.78 is 39.1. The summed E-state index contributed by atoms with van der Waals surface area (Å²) >= 11 is 0. The van der Waals surface area contributed by atoms with Gasteiger partial charge in [0.1, 0.15) is 5.71 Å². The lowest BCUT2D eigenvalue weighted by Gasteiger charge is -2.18. The third-order valence-electron chi connectivity index (χ3n) is 2.38. The predicted octanol–water partition coefficient (Wildman–Crippen LogP) is 3.06. The summed E-state index contributed by atoms with van der Waals surface area (Å²) in [6, 6.07) is 1.63. The Bertz CT molecular complexity index is 518. The highest BCUT2D eigenvalue weighted by Crippen LogP contribution is 2.21. The molecule has 6 heteroatoms. The lowest BCUT2D eigenvalue weighted by Crippen LogP contribution is -2.21. The van der Waals surface area contributed by atoms with E-state index in [0.29, 0.717) is 0 Å². The average Bonchev–Trinajstić information content (AvgIpc) is 2.40. The van der Waals surface area contributed by atoms with E-state index < -0.39 is 23.2 Å². The van der Waals surface area contributed by atoms with Gasteiger partial charge in [-0.3, -0.25) is 9.80 Å². The summed E-state index contributed by atoms with van der Waals surface area (Å²) in [4.78, 5) is 11.3. The zero-order chi connectivity index (χ0) is 14.6. The molecule has 102 valence electrons. The molecule has 3 nitrogen and oxygen atoms in total. The predicted molar refractivity (Wildman–Crippen MR) is 67.6 cm³/mol. The molecule has 1 aromatic rings. The molecule has 0 spiro atoms. The fraction of sp³-hybridized carbons (Fsp3) is 0.231. The highest BCUT2D eigenvalue weighted by molar-refractivity contribution is 6.43. The first kappa shape index (κ1) is 14.9. The summed E-state index contributed by atoms with van der Waals surface area (Å²) in [5.41, 5.74) is 0.136. The van der Waals surface area contributed by atoms with E-state index in [9.17, 15) is 18.0 Å². The summed E-state index contributed by atoms with van der Waals surface area (Å²) in [5, 5.41) is 5.12. The standard InChI is InChI=1S/C13H13F3N2O/c1-4-12(19)8(3)17-18(5-2)9-6-10(14)13(16)11(15)7-9/h4,6-7H,1,5H2,2-3H3/b17-8-. The van der Waals surface area contributed by atoms with Crippen molar-refractivity contribution in [2.45, 2.75) is 13.8 Å². The van der Waals surface area contributed by atoms with Crippen molar-refractivity contribution in [1.29, 1.82) is 0 Å². The second-order valence-electron chi connectivity index (χ2n) is 3.69. The quantitative estimate of drug-likeness (QED) is 0.356. The molecular formula is C13H13F3N2O. The van der Waals surface area contributed by atoms with Crippen molar-refractivity contribution in [1.82, 2.24) is 0 Å². The number of hydrogen-bond acceptors (Lipinski definition) is 3. The van der Waals surface area contributed by atoms with E-state index in [2.05, 4.69) is 11.7 Å². The van der Waals surface area contributed by atoms with E-state index in [-0.39, 0.29) is 17.9 Å². The third-order valence-corrected chi connectivity index (χ3v) is 2.38. The van der Waals surface area contributed by atoms with Gasteiger partial charge in [-0.15, -0.1) is 0 Å². The van der Waals surface area contributed by atoms with Crippen LogP contribution in [0.25, 0.3) is 0 Å². The number of ketones is 1. The Hall–Kier alpha value is -2.11. The van der Waals surface area contributed by atoms with Crippen LogP contribution >= 0.6 is 0 Å². The van der Waals surface area contributed by atoms with E-state index >= 15 is 0 Å². The van der Waals surface area contributed by atoms with Gasteiger partial charge >= 0.3 is 0 Å². The minimum Gasteiger partial charge on any atom is -0.288 e. The Labute approximate surface area is 109 Å². The maximum absolute atomic E-state index is 13.1. The van der Waals surface area contributed by atoms with Crippen molar-refractivity contribution in [3.63, 3.8) is 0 Å². The molecule has 0 saturated heterocycles. The van der Waals surface area contributed by atoms with Crippen LogP contribution in [0.1, 0.15) is 13.8 Å². The number of anilines is 1. The number of carbonyl (C=O) groups is 1. The zero-order valence-electron chi connectivity index (χ0n) is 10.6. The molecule has 0 saturated carbocycles. The molecule has 1 rings (SSSR count). The molecule has 0 aliphatic carbocycles. The van der Waals surface area contributed by atoms with Gasteiger partial charge in [0.05, 0.1) is 5.69 Å². The fourth-order valence-corrected chi connectivity index (χ4v) is 1.38. The normalized spacial score (nSPS) is 11.3. The molecule has 0 fully saturated rings. The number of rotatable bonds is 5. The molecule has 0 aromatic heterocycles. The third kappa shape index (κ3) is 3.43. The second kappa shape index (κ2) is 6.17. The highest BCUT2D eigenvalue weighted by atomic mass is 19.2. The highest BCUT2D eigenvalue weighted by Gasteiger charge is 2.14. The molecule has 0 aliphatic rings. The lowest BCUT2D eigenvalue weighted by atomic mass is 10.2. The van der Waals surface area contributed by atoms with Crippen molar-refractivity contribution in [3.05, 3.63) is 42.2 Å². The van der Waals surface area contributed by atoms with Crippen LogP contribution in [-0.2, 0) is 4.79 Å². The Balaban J connectivity index is 3.18. The Morgan fingerprint density at radius 2 is 1.89 bits per heavy atom. The monoisotopic (exact) mass is 270 g/mol. The van der Waals surface area contributed by atoms with Gasteiger partial charge in [-0.25, -0.2) is 13.2 Å². The van der Waals surface area contributed by atoms with Crippen LogP contribution in [0.2, 0.25) is 0 Å². The molecule has 0 heterocycles. The molecule has 0 amide bonds. The van der Waals surface area contributed by atoms with Crippen molar-refractivity contribution in [3.8, 4) is 0 Å². The number of halogens is 3. The number of benzene rings is 1. The number of allylic oxidation sites excluding steroid dienone is 1. The molecule has 0 aliphatic heterocycles. The number of hydrogen-bond donors (Lipinski definition) is 0. The topological polar surface area (TPSA) is 32.7 Å². The van der Waals surface area contributed by atoms with E-state index in [1.807, 2.05) is 0 Å². The van der Waals surface area contributed by atoms with Crippen LogP contribution < -0.4 is 5.01 Å². The van der Waals surface area contributed by atoms with Gasteiger partial charge in [0, 0.05) is 18.7 Å². The first-order valence-corrected chi connectivity index (χ1v) is 5.54. The molecule has 0 atom stereocenters. The van der Waals surface area contributed by atoms with Gasteiger partial charge in [-0.2, -0.15) is 5.10 Å². The Morgan fingerprint density at radius 1 is 1.37 bits per heavy atom. The van der Waals surface area contributed by atoms with Crippen LogP contribution in [0.4, 0.5) is 18.9 Å². The summed E-state index contributed by atoms with van der Waals surface area (Å²) in [5.74, 6) is -4.56. The second-order valence-corrected chi connectivity index (χ2v) is 3.69. The van der Waals surface area contributed by atoms with E-state index in [4.69, 9.17) is 0 Å². The minimum absolute atomic E-state index is 0.0233. The van der Waals surface area contributed by atoms with Crippen LogP contribution in [0.5, 0.6) is 0 Å². The molecule has 19 heavy (non-hydrogen) atoms. The lowest BCUT2D eigenvalue weighted by molar-refractivity contribution is -0.108. The van der Waals surface area contributed by atoms with E-state index in [0.717, 1.165) is 18.2 Å². The van der Waals surface area contributed by atoms with Crippen LogP contribution in [-0.4, -0.2) is 18.0 Å². The van der Waals surface area contributed by atoms with Gasteiger partial charge in [0.15, 0.2) is 17.5 Å². The van der Waals surface area contributed by atoms with Crippen LogP contribution in [0.3, 0.4) is 0 Å². The largest absolute Gasteiger partial charge is 0.288 e. The van der Waals surface area contributed by atoms with Crippen molar-refractivity contribution in [2.24, 2.45) is 5.10 Å². The van der Waals surface area contributed by atoms with Gasteiger partial charge in [0.25, 0.3) is 0 Å². The van der Waals surface area contributed by atoms with Crippen molar-refractivity contribution >= 4 is 17.2 Å². The molecule has 0 bridgehead atoms. The smallest absolute Gasteiger partial charge is 0.200 e. The van der Waals surface area contributed by atoms with Gasteiger partial charge in [-0.05, 0) is 19.9 Å². The zero-order valence-corrected chi connectivity index (χ0v) is 10.6. The SMILES string of the molecule is C=CC(=O)/C(C)=N\N(CC)c1cc(F)c(F)c(F)c1. The number of carbonyl (C=O) groups excluding carboxylic acids is 1. The first-order chi connectivity index (χ1) is 8.90. The van der Waals surface area contributed by atoms with Crippen LogP contribution in [0.15, 0.2) is 29.9 Å². The molecule has 0 unspecified atom stereocenters. The number of nitrogens with zero attached hydrogens (tertiary/aromatic N) is 2. The van der Waals surface area contributed by atoms with Gasteiger partial charge < -0.3 is 0 Å². The summed E-state index contributed by atoms with van der Waals surface area (Å²) in [7, 11) is 0. The maximum atomic E-state index is 13.1. The van der Waals surface area contributed by atoms with E-state index in [1.165, 1.54) is 11.9 Å². The Morgan fingerprint density at radius 3 is 2.32 bits per heavy atom. The van der Waals surface area contributed by atoms with Crippen LogP contribution in [0, 0.1) is 17.5 Å². The molecular weight excluding hydrogens is 257 g/mol. The van der Waals surface area contributed by atoms with Gasteiger partial charge in [0.2, 0.25) is 5.78 Å². The molecule has 0 N–H and O–H groups in total. The van der Waals surface area contributed by atoms with E-state index in [1.54, 1.807) is 6.92 Å².